The first-order valence-electron chi connectivity index (χ1n) is 12.3. The van der Waals surface area contributed by atoms with Crippen LogP contribution in [0.4, 0.5) is 5.82 Å². The van der Waals surface area contributed by atoms with Gasteiger partial charge < -0.3 is 14.7 Å². The van der Waals surface area contributed by atoms with E-state index in [9.17, 15) is 4.79 Å². The first kappa shape index (κ1) is 27.1. The number of aliphatic hydroxyl groups excluding tert-OH is 1. The summed E-state index contributed by atoms with van der Waals surface area (Å²) in [6, 6.07) is 9.73. The molecule has 3 rings (SSSR count). The Kier molecular flexibility index (Phi) is 9.78. The van der Waals surface area contributed by atoms with Gasteiger partial charge in [-0.25, -0.2) is 4.98 Å². The van der Waals surface area contributed by atoms with Crippen molar-refractivity contribution in [1.29, 1.82) is 0 Å². The van der Waals surface area contributed by atoms with Crippen molar-refractivity contribution in [3.63, 3.8) is 0 Å². The number of hydrogen-bond acceptors (Lipinski definition) is 7. The number of aliphatic hydroxyl groups is 1. The third-order valence-electron chi connectivity index (χ3n) is 6.35. The van der Waals surface area contributed by atoms with Crippen molar-refractivity contribution in [2.45, 2.75) is 27.7 Å². The Morgan fingerprint density at radius 1 is 1.17 bits per heavy atom. The van der Waals surface area contributed by atoms with Gasteiger partial charge in [0, 0.05) is 55.6 Å². The molecule has 192 valence electrons. The van der Waals surface area contributed by atoms with Crippen molar-refractivity contribution < 1.29 is 14.6 Å². The second-order valence-corrected chi connectivity index (χ2v) is 8.70. The molecule has 2 N–H and O–H groups in total. The number of pyridine rings is 1. The summed E-state index contributed by atoms with van der Waals surface area (Å²) in [7, 11) is 1.64. The normalized spacial score (nSPS) is 15.7. The SMILES string of the molecule is C/C=C(C(=C/C)\OC)/C(C)=N/Nc1ncc(-c2cccc(C(=O)N3CCN(CCO)CC3)c2)cc1C. The van der Waals surface area contributed by atoms with Gasteiger partial charge in [0.15, 0.2) is 0 Å². The van der Waals surface area contributed by atoms with Crippen LogP contribution in [0.25, 0.3) is 11.1 Å². The van der Waals surface area contributed by atoms with Gasteiger partial charge in [0.1, 0.15) is 11.6 Å². The average molecular weight is 492 g/mol. The third-order valence-corrected chi connectivity index (χ3v) is 6.35. The molecular formula is C28H37N5O3. The molecule has 1 amide bonds. The van der Waals surface area contributed by atoms with Crippen LogP contribution < -0.4 is 5.43 Å². The van der Waals surface area contributed by atoms with Crippen molar-refractivity contribution in [3.05, 3.63) is 71.1 Å². The number of allylic oxidation sites excluding steroid dienone is 3. The van der Waals surface area contributed by atoms with Crippen LogP contribution in [0.15, 0.2) is 65.1 Å². The Hall–Kier alpha value is -3.49. The summed E-state index contributed by atoms with van der Waals surface area (Å²) in [4.78, 5) is 21.7. The fourth-order valence-electron chi connectivity index (χ4n) is 4.29. The molecule has 1 aliphatic rings. The number of nitrogens with zero attached hydrogens (tertiary/aromatic N) is 4. The van der Waals surface area contributed by atoms with Crippen LogP contribution >= 0.6 is 0 Å². The summed E-state index contributed by atoms with van der Waals surface area (Å²) >= 11 is 0. The summed E-state index contributed by atoms with van der Waals surface area (Å²) in [5.74, 6) is 1.47. The molecule has 1 aromatic heterocycles. The zero-order chi connectivity index (χ0) is 26.1. The van der Waals surface area contributed by atoms with E-state index in [1.807, 2.05) is 75.1 Å². The van der Waals surface area contributed by atoms with E-state index in [0.29, 0.717) is 31.0 Å². The second kappa shape index (κ2) is 13.0. The molecule has 8 nitrogen and oxygen atoms in total. The summed E-state index contributed by atoms with van der Waals surface area (Å²) < 4.78 is 5.42. The third kappa shape index (κ3) is 6.59. The van der Waals surface area contributed by atoms with Crippen molar-refractivity contribution in [2.24, 2.45) is 5.10 Å². The first-order valence-corrected chi connectivity index (χ1v) is 12.3. The van der Waals surface area contributed by atoms with E-state index in [1.165, 1.54) is 0 Å². The monoisotopic (exact) mass is 491 g/mol. The number of carbonyl (C=O) groups excluding carboxylic acids is 1. The standard InChI is InChI=1S/C28H37N5O3/c1-6-25(26(7-2)36-5)21(4)30-31-27-20(3)17-24(19-29-27)22-9-8-10-23(18-22)28(35)33-13-11-32(12-14-33)15-16-34/h6-10,17-19,34H,11-16H2,1-5H3,(H,29,31)/b25-6-,26-7+,30-21+. The van der Waals surface area contributed by atoms with Crippen molar-refractivity contribution in [2.75, 3.05) is 51.9 Å². The number of aryl methyl sites for hydroxylation is 1. The van der Waals surface area contributed by atoms with Crippen LogP contribution in [0.2, 0.25) is 0 Å². The van der Waals surface area contributed by atoms with Gasteiger partial charge >= 0.3 is 0 Å². The highest BCUT2D eigenvalue weighted by Gasteiger charge is 2.22. The van der Waals surface area contributed by atoms with E-state index in [2.05, 4.69) is 20.4 Å². The lowest BCUT2D eigenvalue weighted by molar-refractivity contribution is 0.0615. The highest BCUT2D eigenvalue weighted by Crippen LogP contribution is 2.25. The lowest BCUT2D eigenvalue weighted by Gasteiger charge is -2.34. The Balaban J connectivity index is 1.72. The maximum Gasteiger partial charge on any atom is 0.253 e. The molecule has 1 aliphatic heterocycles. The molecule has 2 aromatic rings. The molecule has 0 saturated carbocycles. The van der Waals surface area contributed by atoms with Crippen molar-refractivity contribution in [1.82, 2.24) is 14.8 Å². The molecule has 0 radical (unpaired) electrons. The molecule has 0 spiro atoms. The maximum absolute atomic E-state index is 13.1. The Labute approximate surface area is 214 Å². The maximum atomic E-state index is 13.1. The van der Waals surface area contributed by atoms with Crippen LogP contribution in [0.1, 0.15) is 36.7 Å². The number of ether oxygens (including phenoxy) is 1. The van der Waals surface area contributed by atoms with Crippen LogP contribution in [0.5, 0.6) is 0 Å². The number of methoxy groups -OCH3 is 1. The zero-order valence-electron chi connectivity index (χ0n) is 21.9. The van der Waals surface area contributed by atoms with Crippen LogP contribution in [-0.2, 0) is 4.74 Å². The number of nitrogens with one attached hydrogen (secondary N) is 1. The van der Waals surface area contributed by atoms with E-state index < -0.39 is 0 Å². The molecule has 0 bridgehead atoms. The number of piperazine rings is 1. The van der Waals surface area contributed by atoms with E-state index in [1.54, 1.807) is 13.3 Å². The predicted molar refractivity (Wildman–Crippen MR) is 145 cm³/mol. The van der Waals surface area contributed by atoms with Gasteiger partial charge in [-0.1, -0.05) is 18.2 Å². The number of aromatic nitrogens is 1. The molecule has 36 heavy (non-hydrogen) atoms. The number of rotatable bonds is 9. The minimum Gasteiger partial charge on any atom is -0.496 e. The molecular weight excluding hydrogens is 454 g/mol. The number of hydrazone groups is 1. The summed E-state index contributed by atoms with van der Waals surface area (Å²) in [5.41, 5.74) is 8.26. The van der Waals surface area contributed by atoms with Gasteiger partial charge in [0.25, 0.3) is 5.91 Å². The quantitative estimate of drug-likeness (QED) is 0.238. The van der Waals surface area contributed by atoms with Crippen LogP contribution in [-0.4, -0.2) is 77.9 Å². The number of benzene rings is 1. The van der Waals surface area contributed by atoms with Gasteiger partial charge in [-0.15, -0.1) is 0 Å². The fourth-order valence-corrected chi connectivity index (χ4v) is 4.29. The van der Waals surface area contributed by atoms with E-state index in [4.69, 9.17) is 9.84 Å². The van der Waals surface area contributed by atoms with Gasteiger partial charge in [0.05, 0.1) is 19.4 Å². The van der Waals surface area contributed by atoms with Gasteiger partial charge in [0.2, 0.25) is 0 Å². The van der Waals surface area contributed by atoms with Gasteiger partial charge in [-0.2, -0.15) is 5.10 Å². The zero-order valence-corrected chi connectivity index (χ0v) is 21.9. The second-order valence-electron chi connectivity index (χ2n) is 8.70. The minimum atomic E-state index is 0.0321. The molecule has 8 heteroatoms. The van der Waals surface area contributed by atoms with E-state index in [-0.39, 0.29) is 12.5 Å². The van der Waals surface area contributed by atoms with Crippen molar-refractivity contribution >= 4 is 17.4 Å². The Morgan fingerprint density at radius 3 is 2.53 bits per heavy atom. The summed E-state index contributed by atoms with van der Waals surface area (Å²) in [6.07, 6.45) is 5.66. The Morgan fingerprint density at radius 2 is 1.92 bits per heavy atom. The molecule has 1 fully saturated rings. The number of amides is 1. The lowest BCUT2D eigenvalue weighted by atomic mass is 10.0. The first-order chi connectivity index (χ1) is 17.4. The molecule has 1 saturated heterocycles. The van der Waals surface area contributed by atoms with Crippen molar-refractivity contribution in [3.8, 4) is 11.1 Å². The minimum absolute atomic E-state index is 0.0321. The Bertz CT molecular complexity index is 1150. The molecule has 1 aromatic carbocycles. The summed E-state index contributed by atoms with van der Waals surface area (Å²) in [5, 5.41) is 13.6. The summed E-state index contributed by atoms with van der Waals surface area (Å²) in [6.45, 7) is 11.5. The number of β-amino-alcohol motifs (C(OH)–C–C–N with tert-alkyl or cyclic N) is 1. The van der Waals surface area contributed by atoms with Gasteiger partial charge in [-0.3, -0.25) is 15.1 Å². The highest BCUT2D eigenvalue weighted by molar-refractivity contribution is 6.02. The smallest absolute Gasteiger partial charge is 0.253 e. The van der Waals surface area contributed by atoms with E-state index in [0.717, 1.165) is 46.8 Å². The predicted octanol–water partition coefficient (Wildman–Crippen LogP) is 4.09. The fraction of sp³-hybridized carbons (Fsp3) is 0.393. The van der Waals surface area contributed by atoms with Crippen LogP contribution in [0, 0.1) is 6.92 Å². The average Bonchev–Trinajstić information content (AvgIpc) is 2.91. The number of hydrogen-bond donors (Lipinski definition) is 2. The molecule has 0 aliphatic carbocycles. The van der Waals surface area contributed by atoms with E-state index >= 15 is 0 Å². The molecule has 0 atom stereocenters. The van der Waals surface area contributed by atoms with Crippen LogP contribution in [0.3, 0.4) is 0 Å². The molecule has 2 heterocycles. The highest BCUT2D eigenvalue weighted by atomic mass is 16.5. The largest absolute Gasteiger partial charge is 0.496 e. The molecule has 0 unspecified atom stereocenters. The lowest BCUT2D eigenvalue weighted by Crippen LogP contribution is -2.49. The topological polar surface area (TPSA) is 90.3 Å². The number of carbonyl (C=O) groups is 1. The van der Waals surface area contributed by atoms with Gasteiger partial charge in [-0.05, 0) is 63.1 Å². The number of anilines is 1.